The zero-order chi connectivity index (χ0) is 27.4. The molecule has 0 unspecified atom stereocenters. The van der Waals surface area contributed by atoms with E-state index in [0.29, 0.717) is 11.3 Å². The fourth-order valence-electron chi connectivity index (χ4n) is 4.56. The van der Waals surface area contributed by atoms with E-state index in [1.54, 1.807) is 56.4 Å². The van der Waals surface area contributed by atoms with E-state index in [1.165, 1.54) is 16.6 Å². The molecule has 2 aromatic carbocycles. The molecule has 0 bridgehead atoms. The number of hydrogen-bond acceptors (Lipinski definition) is 7. The molecular formula is C28H33N3O6S. The number of benzene rings is 2. The van der Waals surface area contributed by atoms with E-state index in [0.717, 1.165) is 11.1 Å². The number of para-hydroxylation sites is 1. The summed E-state index contributed by atoms with van der Waals surface area (Å²) in [6.07, 6.45) is 2.58. The number of aromatic nitrogens is 1. The summed E-state index contributed by atoms with van der Waals surface area (Å²) < 4.78 is 40.8. The van der Waals surface area contributed by atoms with Gasteiger partial charge in [-0.2, -0.15) is 4.31 Å². The lowest BCUT2D eigenvalue weighted by Gasteiger charge is -2.37. The van der Waals surface area contributed by atoms with E-state index in [4.69, 9.17) is 9.47 Å². The molecule has 0 radical (unpaired) electrons. The average Bonchev–Trinajstić information content (AvgIpc) is 2.94. The lowest BCUT2D eigenvalue weighted by Crippen LogP contribution is -2.50. The SMILES string of the molecule is COc1ccccc1-c1ccc2c(c1)O[C@@H](CN(C)C(=O)c1cccnc1)[C@@H](C)CN([C@@H](C)CO)S2(=O)=O. The second-order valence-corrected chi connectivity index (χ2v) is 11.4. The number of pyridine rings is 1. The number of ether oxygens (including phenoxy) is 2. The maximum Gasteiger partial charge on any atom is 0.255 e. The standard InChI is InChI=1S/C28H33N3O6S/c1-19-16-31(20(2)18-32)38(34,35)27-12-11-21(23-9-5-6-10-24(23)36-4)14-25(27)37-26(19)17-30(3)28(33)22-8-7-13-29-15-22/h5-15,19-20,26,32H,16-18H2,1-4H3/t19-,20-,26-/m0/s1. The topological polar surface area (TPSA) is 109 Å². The zero-order valence-electron chi connectivity index (χ0n) is 21.9. The maximum absolute atomic E-state index is 13.8. The number of methoxy groups -OCH3 is 1. The number of carbonyl (C=O) groups excluding carboxylic acids is 1. The van der Waals surface area contributed by atoms with Gasteiger partial charge in [-0.3, -0.25) is 9.78 Å². The minimum absolute atomic E-state index is 0.00888. The van der Waals surface area contributed by atoms with Crippen molar-refractivity contribution in [3.05, 3.63) is 72.6 Å². The van der Waals surface area contributed by atoms with Crippen LogP contribution >= 0.6 is 0 Å². The first-order valence-corrected chi connectivity index (χ1v) is 13.8. The molecule has 0 saturated heterocycles. The number of rotatable bonds is 7. The van der Waals surface area contributed by atoms with Crippen molar-refractivity contribution >= 4 is 15.9 Å². The molecule has 0 aliphatic carbocycles. The van der Waals surface area contributed by atoms with Crippen molar-refractivity contribution in [1.82, 2.24) is 14.2 Å². The Morgan fingerprint density at radius 1 is 1.24 bits per heavy atom. The highest BCUT2D eigenvalue weighted by atomic mass is 32.2. The molecule has 3 aromatic rings. The van der Waals surface area contributed by atoms with Crippen molar-refractivity contribution in [3.8, 4) is 22.6 Å². The maximum atomic E-state index is 13.8. The third kappa shape index (κ3) is 5.52. The van der Waals surface area contributed by atoms with E-state index in [2.05, 4.69) is 4.98 Å². The molecule has 10 heteroatoms. The van der Waals surface area contributed by atoms with Crippen molar-refractivity contribution in [2.75, 3.05) is 33.9 Å². The zero-order valence-corrected chi connectivity index (χ0v) is 22.8. The minimum Gasteiger partial charge on any atom is -0.496 e. The lowest BCUT2D eigenvalue weighted by molar-refractivity contribution is 0.0563. The first-order chi connectivity index (χ1) is 18.2. The Labute approximate surface area is 223 Å². The summed E-state index contributed by atoms with van der Waals surface area (Å²) in [5, 5.41) is 9.87. The Hall–Kier alpha value is -3.47. The van der Waals surface area contributed by atoms with Crippen LogP contribution in [0.3, 0.4) is 0 Å². The van der Waals surface area contributed by atoms with E-state index in [9.17, 15) is 18.3 Å². The Kier molecular flexibility index (Phi) is 8.35. The number of aliphatic hydroxyl groups is 1. The monoisotopic (exact) mass is 539 g/mol. The second kappa shape index (κ2) is 11.5. The van der Waals surface area contributed by atoms with Gasteiger partial charge in [-0.25, -0.2) is 8.42 Å². The van der Waals surface area contributed by atoms with Crippen LogP contribution in [0.5, 0.6) is 11.5 Å². The number of nitrogens with zero attached hydrogens (tertiary/aromatic N) is 3. The highest BCUT2D eigenvalue weighted by Crippen LogP contribution is 2.38. The minimum atomic E-state index is -3.98. The number of likely N-dealkylation sites (N-methyl/N-ethyl adjacent to an activating group) is 1. The molecule has 0 spiro atoms. The quantitative estimate of drug-likeness (QED) is 0.491. The predicted octanol–water partition coefficient (Wildman–Crippen LogP) is 3.30. The van der Waals surface area contributed by atoms with Crippen LogP contribution in [-0.2, 0) is 10.0 Å². The fraction of sp³-hybridized carbons (Fsp3) is 0.357. The summed E-state index contributed by atoms with van der Waals surface area (Å²) in [5.74, 6) is 0.309. The van der Waals surface area contributed by atoms with Gasteiger partial charge in [0.05, 0.1) is 25.8 Å². The number of carbonyl (C=O) groups is 1. The normalized spacial score (nSPS) is 19.8. The molecule has 9 nitrogen and oxygen atoms in total. The van der Waals surface area contributed by atoms with E-state index in [-0.39, 0.29) is 42.2 Å². The molecule has 1 aliphatic rings. The van der Waals surface area contributed by atoms with Gasteiger partial charge >= 0.3 is 0 Å². The van der Waals surface area contributed by atoms with Crippen LogP contribution in [0.4, 0.5) is 0 Å². The smallest absolute Gasteiger partial charge is 0.255 e. The molecule has 38 heavy (non-hydrogen) atoms. The first-order valence-electron chi connectivity index (χ1n) is 12.4. The van der Waals surface area contributed by atoms with Crippen molar-refractivity contribution in [2.45, 2.75) is 30.9 Å². The molecule has 1 N–H and O–H groups in total. The Balaban J connectivity index is 1.77. The van der Waals surface area contributed by atoms with E-state index < -0.39 is 22.2 Å². The Morgan fingerprint density at radius 3 is 2.68 bits per heavy atom. The van der Waals surface area contributed by atoms with Crippen LogP contribution in [0.2, 0.25) is 0 Å². The molecular weight excluding hydrogens is 506 g/mol. The van der Waals surface area contributed by atoms with Gasteiger partial charge in [0, 0.05) is 43.5 Å². The number of fused-ring (bicyclic) bond motifs is 1. The second-order valence-electron chi connectivity index (χ2n) is 9.53. The molecule has 1 aromatic heterocycles. The lowest BCUT2D eigenvalue weighted by atomic mass is 10.0. The van der Waals surface area contributed by atoms with Gasteiger partial charge in [-0.1, -0.05) is 31.2 Å². The van der Waals surface area contributed by atoms with Crippen LogP contribution in [-0.4, -0.2) is 79.6 Å². The number of hydrogen-bond donors (Lipinski definition) is 1. The Morgan fingerprint density at radius 2 is 2.00 bits per heavy atom. The molecule has 0 fully saturated rings. The first kappa shape index (κ1) is 27.6. The van der Waals surface area contributed by atoms with Crippen molar-refractivity contribution < 1.29 is 27.8 Å². The molecule has 4 rings (SSSR count). The van der Waals surface area contributed by atoms with Crippen LogP contribution in [0.25, 0.3) is 11.1 Å². The Bertz CT molecular complexity index is 1380. The van der Waals surface area contributed by atoms with Crippen molar-refractivity contribution in [1.29, 1.82) is 0 Å². The van der Waals surface area contributed by atoms with Gasteiger partial charge in [0.2, 0.25) is 10.0 Å². The van der Waals surface area contributed by atoms with E-state index >= 15 is 0 Å². The molecule has 0 saturated carbocycles. The summed E-state index contributed by atoms with van der Waals surface area (Å²) in [6, 6.07) is 15.2. The molecule has 2 heterocycles. The van der Waals surface area contributed by atoms with Crippen molar-refractivity contribution in [2.24, 2.45) is 5.92 Å². The van der Waals surface area contributed by atoms with Crippen LogP contribution in [0.15, 0.2) is 71.9 Å². The van der Waals surface area contributed by atoms with Crippen LogP contribution in [0, 0.1) is 5.92 Å². The third-order valence-corrected chi connectivity index (χ3v) is 8.81. The molecule has 1 amide bonds. The highest BCUT2D eigenvalue weighted by Gasteiger charge is 2.38. The predicted molar refractivity (Wildman–Crippen MR) is 144 cm³/mol. The van der Waals surface area contributed by atoms with Gasteiger partial charge in [0.1, 0.15) is 22.5 Å². The number of sulfonamides is 1. The largest absolute Gasteiger partial charge is 0.496 e. The fourth-order valence-corrected chi connectivity index (χ4v) is 6.38. The molecule has 1 aliphatic heterocycles. The van der Waals surface area contributed by atoms with Gasteiger partial charge in [-0.15, -0.1) is 0 Å². The summed E-state index contributed by atoms with van der Waals surface area (Å²) >= 11 is 0. The number of aliphatic hydroxyl groups excluding tert-OH is 1. The summed E-state index contributed by atoms with van der Waals surface area (Å²) in [7, 11) is -0.725. The summed E-state index contributed by atoms with van der Waals surface area (Å²) in [5.41, 5.74) is 1.96. The van der Waals surface area contributed by atoms with Gasteiger partial charge in [-0.05, 0) is 42.8 Å². The number of amides is 1. The van der Waals surface area contributed by atoms with Crippen LogP contribution in [0.1, 0.15) is 24.2 Å². The summed E-state index contributed by atoms with van der Waals surface area (Å²) in [4.78, 5) is 18.6. The molecule has 3 atom stereocenters. The third-order valence-electron chi connectivity index (χ3n) is 6.79. The van der Waals surface area contributed by atoms with Gasteiger partial charge < -0.3 is 19.5 Å². The highest BCUT2D eigenvalue weighted by molar-refractivity contribution is 7.89. The van der Waals surface area contributed by atoms with Crippen LogP contribution < -0.4 is 9.47 Å². The molecule has 202 valence electrons. The van der Waals surface area contributed by atoms with Gasteiger partial charge in [0.15, 0.2) is 0 Å². The van der Waals surface area contributed by atoms with E-state index in [1.807, 2.05) is 31.2 Å². The van der Waals surface area contributed by atoms with Crippen molar-refractivity contribution in [3.63, 3.8) is 0 Å². The van der Waals surface area contributed by atoms with Gasteiger partial charge in [0.25, 0.3) is 5.91 Å². The average molecular weight is 540 g/mol. The summed E-state index contributed by atoms with van der Waals surface area (Å²) in [6.45, 7) is 3.56.